The molecule has 1 aromatic carbocycles. The van der Waals surface area contributed by atoms with Crippen LogP contribution in [0, 0.1) is 0 Å². The summed E-state index contributed by atoms with van der Waals surface area (Å²) in [4.78, 5) is 28.5. The summed E-state index contributed by atoms with van der Waals surface area (Å²) >= 11 is 0. The molecule has 2 aromatic rings. The van der Waals surface area contributed by atoms with E-state index in [1.54, 1.807) is 12.1 Å². The molecule has 5 heteroatoms. The van der Waals surface area contributed by atoms with E-state index in [4.69, 9.17) is 0 Å². The average molecular weight is 283 g/mol. The van der Waals surface area contributed by atoms with Crippen LogP contribution in [0.3, 0.4) is 0 Å². The first-order chi connectivity index (χ1) is 10.3. The highest BCUT2D eigenvalue weighted by atomic mass is 16.2. The summed E-state index contributed by atoms with van der Waals surface area (Å²) in [5.41, 5.74) is 1.17. The van der Waals surface area contributed by atoms with E-state index in [2.05, 4.69) is 10.3 Å². The molecule has 108 valence electrons. The van der Waals surface area contributed by atoms with Crippen molar-refractivity contribution < 1.29 is 4.79 Å². The highest BCUT2D eigenvalue weighted by Gasteiger charge is 2.28. The monoisotopic (exact) mass is 283 g/mol. The SMILES string of the molecule is O=C(c1cccc(=O)[nH]1)N1CCNCC1c1ccccc1. The summed E-state index contributed by atoms with van der Waals surface area (Å²) in [5.74, 6) is -0.136. The number of hydrogen-bond donors (Lipinski definition) is 2. The van der Waals surface area contributed by atoms with Gasteiger partial charge < -0.3 is 15.2 Å². The lowest BCUT2D eigenvalue weighted by molar-refractivity contribution is 0.0628. The molecule has 1 aliphatic rings. The fourth-order valence-electron chi connectivity index (χ4n) is 2.65. The largest absolute Gasteiger partial charge is 0.328 e. The van der Waals surface area contributed by atoms with Crippen molar-refractivity contribution in [3.05, 3.63) is 70.1 Å². The molecule has 0 radical (unpaired) electrons. The number of amides is 1. The van der Waals surface area contributed by atoms with Crippen molar-refractivity contribution >= 4 is 5.91 Å². The molecule has 1 aliphatic heterocycles. The maximum Gasteiger partial charge on any atom is 0.270 e. The Balaban J connectivity index is 1.91. The van der Waals surface area contributed by atoms with Crippen LogP contribution in [-0.2, 0) is 0 Å². The van der Waals surface area contributed by atoms with Crippen LogP contribution in [0.2, 0.25) is 0 Å². The first kappa shape index (κ1) is 13.6. The zero-order valence-electron chi connectivity index (χ0n) is 11.6. The van der Waals surface area contributed by atoms with Crippen LogP contribution in [0.5, 0.6) is 0 Å². The van der Waals surface area contributed by atoms with Crippen LogP contribution in [0.1, 0.15) is 22.1 Å². The molecule has 0 spiro atoms. The van der Waals surface area contributed by atoms with E-state index in [9.17, 15) is 9.59 Å². The lowest BCUT2D eigenvalue weighted by atomic mass is 10.0. The quantitative estimate of drug-likeness (QED) is 0.869. The smallest absolute Gasteiger partial charge is 0.270 e. The van der Waals surface area contributed by atoms with Crippen LogP contribution in [0.4, 0.5) is 0 Å². The van der Waals surface area contributed by atoms with Gasteiger partial charge in [-0.25, -0.2) is 0 Å². The molecule has 3 rings (SSSR count). The number of piperazine rings is 1. The number of hydrogen-bond acceptors (Lipinski definition) is 3. The van der Waals surface area contributed by atoms with E-state index < -0.39 is 0 Å². The van der Waals surface area contributed by atoms with Gasteiger partial charge in [0.2, 0.25) is 5.56 Å². The van der Waals surface area contributed by atoms with E-state index in [0.717, 1.165) is 12.1 Å². The summed E-state index contributed by atoms with van der Waals surface area (Å²) in [6.07, 6.45) is 0. The summed E-state index contributed by atoms with van der Waals surface area (Å²) in [6.45, 7) is 2.09. The Labute approximate surface area is 122 Å². The molecular weight excluding hydrogens is 266 g/mol. The van der Waals surface area contributed by atoms with E-state index >= 15 is 0 Å². The first-order valence-electron chi connectivity index (χ1n) is 7.02. The van der Waals surface area contributed by atoms with E-state index in [1.165, 1.54) is 6.07 Å². The second kappa shape index (κ2) is 5.93. The fourth-order valence-corrected chi connectivity index (χ4v) is 2.65. The maximum atomic E-state index is 12.7. The number of carbonyl (C=O) groups is 1. The van der Waals surface area contributed by atoms with Gasteiger partial charge in [0.15, 0.2) is 0 Å². The Morgan fingerprint density at radius 1 is 1.10 bits per heavy atom. The predicted molar refractivity (Wildman–Crippen MR) is 80.2 cm³/mol. The van der Waals surface area contributed by atoms with Crippen LogP contribution in [0.15, 0.2) is 53.3 Å². The molecule has 1 unspecified atom stereocenters. The van der Waals surface area contributed by atoms with Gasteiger partial charge in [-0.2, -0.15) is 0 Å². The molecule has 1 amide bonds. The molecule has 1 saturated heterocycles. The number of rotatable bonds is 2. The van der Waals surface area contributed by atoms with Gasteiger partial charge in [-0.3, -0.25) is 9.59 Å². The minimum atomic E-state index is -0.257. The maximum absolute atomic E-state index is 12.7. The molecule has 2 heterocycles. The number of aromatic nitrogens is 1. The van der Waals surface area contributed by atoms with Gasteiger partial charge in [0.05, 0.1) is 6.04 Å². The Morgan fingerprint density at radius 2 is 1.90 bits per heavy atom. The molecule has 0 bridgehead atoms. The molecule has 0 aliphatic carbocycles. The molecule has 0 saturated carbocycles. The second-order valence-corrected chi connectivity index (χ2v) is 5.06. The van der Waals surface area contributed by atoms with Crippen LogP contribution >= 0.6 is 0 Å². The van der Waals surface area contributed by atoms with Gasteiger partial charge in [0, 0.05) is 25.7 Å². The zero-order valence-corrected chi connectivity index (χ0v) is 11.6. The Bertz CT molecular complexity index is 681. The molecule has 21 heavy (non-hydrogen) atoms. The topological polar surface area (TPSA) is 65.2 Å². The summed E-state index contributed by atoms with van der Waals surface area (Å²) in [5, 5.41) is 3.32. The Hall–Kier alpha value is -2.40. The molecule has 5 nitrogen and oxygen atoms in total. The van der Waals surface area contributed by atoms with Crippen molar-refractivity contribution in [2.75, 3.05) is 19.6 Å². The van der Waals surface area contributed by atoms with Crippen LogP contribution in [-0.4, -0.2) is 35.4 Å². The van der Waals surface area contributed by atoms with Crippen LogP contribution < -0.4 is 10.9 Å². The van der Waals surface area contributed by atoms with Crippen molar-refractivity contribution in [1.29, 1.82) is 0 Å². The molecule has 2 N–H and O–H groups in total. The number of nitrogens with one attached hydrogen (secondary N) is 2. The standard InChI is InChI=1S/C16H17N3O2/c20-15-8-4-7-13(18-15)16(21)19-10-9-17-11-14(19)12-5-2-1-3-6-12/h1-8,14,17H,9-11H2,(H,18,20). The average Bonchev–Trinajstić information content (AvgIpc) is 2.55. The number of pyridine rings is 1. The van der Waals surface area contributed by atoms with Crippen molar-refractivity contribution in [1.82, 2.24) is 15.2 Å². The highest BCUT2D eigenvalue weighted by molar-refractivity contribution is 5.92. The summed E-state index contributed by atoms with van der Waals surface area (Å²) in [7, 11) is 0. The Kier molecular flexibility index (Phi) is 3.83. The van der Waals surface area contributed by atoms with Crippen LogP contribution in [0.25, 0.3) is 0 Å². The third-order valence-corrected chi connectivity index (χ3v) is 3.69. The van der Waals surface area contributed by atoms with Gasteiger partial charge in [0.25, 0.3) is 5.91 Å². The molecular formula is C16H17N3O2. The number of nitrogens with zero attached hydrogens (tertiary/aromatic N) is 1. The number of H-pyrrole nitrogens is 1. The van der Waals surface area contributed by atoms with E-state index in [-0.39, 0.29) is 17.5 Å². The minimum absolute atomic E-state index is 0.0174. The highest BCUT2D eigenvalue weighted by Crippen LogP contribution is 2.23. The fraction of sp³-hybridized carbons (Fsp3) is 0.250. The molecule has 1 atom stereocenters. The first-order valence-corrected chi connectivity index (χ1v) is 7.02. The van der Waals surface area contributed by atoms with Crippen molar-refractivity contribution in [3.63, 3.8) is 0 Å². The van der Waals surface area contributed by atoms with Gasteiger partial charge in [-0.05, 0) is 11.6 Å². The van der Waals surface area contributed by atoms with Gasteiger partial charge >= 0.3 is 0 Å². The Morgan fingerprint density at radius 3 is 2.67 bits per heavy atom. The lowest BCUT2D eigenvalue weighted by Crippen LogP contribution is -2.49. The van der Waals surface area contributed by atoms with Crippen molar-refractivity contribution in [3.8, 4) is 0 Å². The second-order valence-electron chi connectivity index (χ2n) is 5.06. The molecule has 1 aromatic heterocycles. The third kappa shape index (κ3) is 2.87. The van der Waals surface area contributed by atoms with Gasteiger partial charge in [-0.15, -0.1) is 0 Å². The van der Waals surface area contributed by atoms with E-state index in [0.29, 0.717) is 18.8 Å². The number of aromatic amines is 1. The summed E-state index contributed by atoms with van der Waals surface area (Å²) in [6, 6.07) is 14.6. The van der Waals surface area contributed by atoms with Crippen molar-refractivity contribution in [2.24, 2.45) is 0 Å². The predicted octanol–water partition coefficient (Wildman–Crippen LogP) is 1.16. The lowest BCUT2D eigenvalue weighted by Gasteiger charge is -2.36. The summed E-state index contributed by atoms with van der Waals surface area (Å²) < 4.78 is 0. The van der Waals surface area contributed by atoms with Gasteiger partial charge in [-0.1, -0.05) is 36.4 Å². The number of carbonyl (C=O) groups excluding carboxylic acids is 1. The number of benzene rings is 1. The van der Waals surface area contributed by atoms with E-state index in [1.807, 2.05) is 35.2 Å². The molecule has 1 fully saturated rings. The normalized spacial score (nSPS) is 18.5. The van der Waals surface area contributed by atoms with Crippen molar-refractivity contribution in [2.45, 2.75) is 6.04 Å². The zero-order chi connectivity index (χ0) is 14.7. The van der Waals surface area contributed by atoms with Gasteiger partial charge in [0.1, 0.15) is 5.69 Å². The third-order valence-electron chi connectivity index (χ3n) is 3.69. The minimum Gasteiger partial charge on any atom is -0.328 e.